The van der Waals surface area contributed by atoms with Gasteiger partial charge in [-0.3, -0.25) is 0 Å². The molecule has 0 aromatic heterocycles. The van der Waals surface area contributed by atoms with Crippen molar-refractivity contribution in [2.45, 2.75) is 45.7 Å². The zero-order valence-corrected chi connectivity index (χ0v) is 11.2. The number of rotatable bonds is 7. The van der Waals surface area contributed by atoms with Crippen LogP contribution in [0.25, 0.3) is 0 Å². The Morgan fingerprint density at radius 3 is 2.83 bits per heavy atom. The van der Waals surface area contributed by atoms with Gasteiger partial charge in [-0.25, -0.2) is 4.39 Å². The van der Waals surface area contributed by atoms with Gasteiger partial charge in [-0.15, -0.1) is 0 Å². The van der Waals surface area contributed by atoms with Crippen LogP contribution in [0.5, 0.6) is 5.75 Å². The largest absolute Gasteiger partial charge is 0.493 e. The van der Waals surface area contributed by atoms with Crippen molar-refractivity contribution in [2.24, 2.45) is 5.92 Å². The number of ether oxygens (including phenoxy) is 1. The fraction of sp³-hybridized carbons (Fsp3) is 0.600. The van der Waals surface area contributed by atoms with Crippen molar-refractivity contribution in [3.8, 4) is 5.75 Å². The van der Waals surface area contributed by atoms with E-state index < -0.39 is 0 Å². The molecule has 0 bridgehead atoms. The third-order valence-electron chi connectivity index (χ3n) is 3.33. The summed E-state index contributed by atoms with van der Waals surface area (Å²) in [5.74, 6) is 0.924. The first-order valence-corrected chi connectivity index (χ1v) is 6.83. The van der Waals surface area contributed by atoms with E-state index in [-0.39, 0.29) is 5.82 Å². The molecule has 1 aromatic rings. The monoisotopic (exact) mass is 251 g/mol. The van der Waals surface area contributed by atoms with Crippen LogP contribution in [0.15, 0.2) is 18.2 Å². The Morgan fingerprint density at radius 1 is 1.39 bits per heavy atom. The second kappa shape index (κ2) is 6.19. The van der Waals surface area contributed by atoms with Crippen molar-refractivity contribution in [3.63, 3.8) is 0 Å². The minimum atomic E-state index is -0.218. The predicted octanol–water partition coefficient (Wildman–Crippen LogP) is 3.50. The van der Waals surface area contributed by atoms with Crippen LogP contribution < -0.4 is 10.1 Å². The van der Waals surface area contributed by atoms with Crippen LogP contribution in [-0.4, -0.2) is 12.6 Å². The van der Waals surface area contributed by atoms with E-state index in [0.29, 0.717) is 24.3 Å². The summed E-state index contributed by atoms with van der Waals surface area (Å²) in [6.45, 7) is 5.64. The molecule has 0 aliphatic heterocycles. The highest BCUT2D eigenvalue weighted by molar-refractivity contribution is 5.29. The zero-order valence-electron chi connectivity index (χ0n) is 11.2. The maximum absolute atomic E-state index is 13.5. The maximum Gasteiger partial charge on any atom is 0.127 e. The average Bonchev–Trinajstić information content (AvgIpc) is 3.17. The third-order valence-corrected chi connectivity index (χ3v) is 3.33. The minimum absolute atomic E-state index is 0.218. The molecule has 1 aromatic carbocycles. The lowest BCUT2D eigenvalue weighted by Gasteiger charge is -2.12. The van der Waals surface area contributed by atoms with E-state index in [0.717, 1.165) is 18.5 Å². The number of hydrogen-bond donors (Lipinski definition) is 1. The van der Waals surface area contributed by atoms with Crippen molar-refractivity contribution in [2.75, 3.05) is 6.61 Å². The van der Waals surface area contributed by atoms with E-state index in [4.69, 9.17) is 4.74 Å². The molecule has 0 saturated heterocycles. The second-order valence-electron chi connectivity index (χ2n) is 5.27. The molecule has 1 atom stereocenters. The highest BCUT2D eigenvalue weighted by atomic mass is 19.1. The van der Waals surface area contributed by atoms with Crippen LogP contribution in [0, 0.1) is 11.7 Å². The van der Waals surface area contributed by atoms with E-state index in [9.17, 15) is 4.39 Å². The molecule has 3 heteroatoms. The highest BCUT2D eigenvalue weighted by Crippen LogP contribution is 2.21. The van der Waals surface area contributed by atoms with Crippen molar-refractivity contribution in [1.82, 2.24) is 5.32 Å². The summed E-state index contributed by atoms with van der Waals surface area (Å²) in [6, 6.07) is 5.60. The minimum Gasteiger partial charge on any atom is -0.493 e. The number of nitrogens with one attached hydrogen (secondary N) is 1. The summed E-state index contributed by atoms with van der Waals surface area (Å²) < 4.78 is 19.1. The van der Waals surface area contributed by atoms with Crippen molar-refractivity contribution in [3.05, 3.63) is 29.6 Å². The SMILES string of the molecule is CCC(C)COc1cc(F)cc(CNC2CC2)c1. The molecule has 0 heterocycles. The van der Waals surface area contributed by atoms with Crippen molar-refractivity contribution >= 4 is 0 Å². The van der Waals surface area contributed by atoms with Crippen LogP contribution >= 0.6 is 0 Å². The standard InChI is InChI=1S/C15H22FNO/c1-3-11(2)10-18-15-7-12(6-13(16)8-15)9-17-14-4-5-14/h6-8,11,14,17H,3-5,9-10H2,1-2H3. The smallest absolute Gasteiger partial charge is 0.127 e. The lowest BCUT2D eigenvalue weighted by atomic mass is 10.1. The Bertz CT molecular complexity index is 390. The quantitative estimate of drug-likeness (QED) is 0.800. The Hall–Kier alpha value is -1.09. The number of benzene rings is 1. The van der Waals surface area contributed by atoms with Crippen LogP contribution in [0.1, 0.15) is 38.7 Å². The van der Waals surface area contributed by atoms with Crippen LogP contribution in [0.2, 0.25) is 0 Å². The molecule has 1 fully saturated rings. The molecule has 1 aliphatic rings. The zero-order chi connectivity index (χ0) is 13.0. The summed E-state index contributed by atoms with van der Waals surface area (Å²) in [4.78, 5) is 0. The van der Waals surface area contributed by atoms with Gasteiger partial charge >= 0.3 is 0 Å². The van der Waals surface area contributed by atoms with Gasteiger partial charge in [-0.1, -0.05) is 20.3 Å². The lowest BCUT2D eigenvalue weighted by molar-refractivity contribution is 0.255. The molecule has 1 unspecified atom stereocenters. The first kappa shape index (κ1) is 13.3. The molecule has 0 radical (unpaired) electrons. The summed E-state index contributed by atoms with van der Waals surface area (Å²) in [7, 11) is 0. The van der Waals surface area contributed by atoms with Gasteiger partial charge in [-0.05, 0) is 36.5 Å². The normalized spacial score (nSPS) is 16.6. The van der Waals surface area contributed by atoms with E-state index in [1.54, 1.807) is 6.07 Å². The first-order valence-electron chi connectivity index (χ1n) is 6.83. The van der Waals surface area contributed by atoms with E-state index in [1.807, 2.05) is 6.07 Å². The van der Waals surface area contributed by atoms with Gasteiger partial charge in [-0.2, -0.15) is 0 Å². The summed E-state index contributed by atoms with van der Waals surface area (Å²) in [5, 5.41) is 3.38. The molecule has 1 N–H and O–H groups in total. The van der Waals surface area contributed by atoms with Gasteiger partial charge in [0.1, 0.15) is 11.6 Å². The number of halogens is 1. The van der Waals surface area contributed by atoms with Crippen molar-refractivity contribution < 1.29 is 9.13 Å². The van der Waals surface area contributed by atoms with Crippen LogP contribution in [0.3, 0.4) is 0 Å². The first-order chi connectivity index (χ1) is 8.67. The van der Waals surface area contributed by atoms with Gasteiger partial charge in [0.05, 0.1) is 6.61 Å². The molecule has 1 saturated carbocycles. The van der Waals surface area contributed by atoms with Gasteiger partial charge in [0, 0.05) is 18.7 Å². The molecule has 1 aliphatic carbocycles. The van der Waals surface area contributed by atoms with Crippen LogP contribution in [0.4, 0.5) is 4.39 Å². The predicted molar refractivity (Wildman–Crippen MR) is 71.2 cm³/mol. The van der Waals surface area contributed by atoms with Gasteiger partial charge in [0.25, 0.3) is 0 Å². The Balaban J connectivity index is 1.91. The Labute approximate surface area is 109 Å². The second-order valence-corrected chi connectivity index (χ2v) is 5.27. The molecule has 2 rings (SSSR count). The highest BCUT2D eigenvalue weighted by Gasteiger charge is 2.20. The summed E-state index contributed by atoms with van der Waals surface area (Å²) >= 11 is 0. The maximum atomic E-state index is 13.5. The summed E-state index contributed by atoms with van der Waals surface area (Å²) in [6.07, 6.45) is 3.56. The molecule has 0 amide bonds. The van der Waals surface area contributed by atoms with Gasteiger partial charge in [0.15, 0.2) is 0 Å². The van der Waals surface area contributed by atoms with Gasteiger partial charge in [0.2, 0.25) is 0 Å². The molecule has 18 heavy (non-hydrogen) atoms. The third kappa shape index (κ3) is 4.30. The average molecular weight is 251 g/mol. The fourth-order valence-corrected chi connectivity index (χ4v) is 1.71. The molecule has 2 nitrogen and oxygen atoms in total. The molecular weight excluding hydrogens is 229 g/mol. The fourth-order valence-electron chi connectivity index (χ4n) is 1.71. The molecular formula is C15H22FNO. The Kier molecular flexibility index (Phi) is 4.59. The van der Waals surface area contributed by atoms with Gasteiger partial charge < -0.3 is 10.1 Å². The van der Waals surface area contributed by atoms with E-state index >= 15 is 0 Å². The van der Waals surface area contributed by atoms with E-state index in [1.165, 1.54) is 18.9 Å². The van der Waals surface area contributed by atoms with E-state index in [2.05, 4.69) is 19.2 Å². The molecule has 0 spiro atoms. The lowest BCUT2D eigenvalue weighted by Crippen LogP contribution is -2.15. The topological polar surface area (TPSA) is 21.3 Å². The molecule has 100 valence electrons. The Morgan fingerprint density at radius 2 is 2.17 bits per heavy atom. The van der Waals surface area contributed by atoms with Crippen molar-refractivity contribution in [1.29, 1.82) is 0 Å². The number of hydrogen-bond acceptors (Lipinski definition) is 2. The van der Waals surface area contributed by atoms with Crippen LogP contribution in [-0.2, 0) is 6.54 Å². The summed E-state index contributed by atoms with van der Waals surface area (Å²) in [5.41, 5.74) is 0.959.